The fourth-order valence-corrected chi connectivity index (χ4v) is 1.81. The van der Waals surface area contributed by atoms with Gasteiger partial charge in [-0.1, -0.05) is 17.3 Å². The zero-order valence-corrected chi connectivity index (χ0v) is 11.6. The van der Waals surface area contributed by atoms with Crippen molar-refractivity contribution in [2.75, 3.05) is 13.7 Å². The molecule has 0 aromatic heterocycles. The van der Waals surface area contributed by atoms with Crippen molar-refractivity contribution < 1.29 is 9.94 Å². The smallest absolute Gasteiger partial charge is 0.139 e. The Balaban J connectivity index is 2.25. The number of hydrogen-bond donors (Lipinski definition) is 3. The summed E-state index contributed by atoms with van der Waals surface area (Å²) < 4.78 is 5.13. The quantitative estimate of drug-likeness (QED) is 0.221. The number of ether oxygens (including phenoxy) is 1. The predicted molar refractivity (Wildman–Crippen MR) is 76.7 cm³/mol. The number of oxime groups is 1. The summed E-state index contributed by atoms with van der Waals surface area (Å²) in [5.41, 5.74) is 6.63. The number of nitrogens with two attached hydrogens (primary N) is 1. The maximum atomic E-state index is 8.41. The molecule has 5 nitrogen and oxygen atoms in total. The number of rotatable bonds is 8. The zero-order chi connectivity index (χ0) is 14.1. The highest BCUT2D eigenvalue weighted by atomic mass is 16.5. The third-order valence-corrected chi connectivity index (χ3v) is 3.05. The topological polar surface area (TPSA) is 79.9 Å². The first kappa shape index (κ1) is 15.3. The normalized spacial score (nSPS) is 13.3. The first-order chi connectivity index (χ1) is 9.17. The number of amidine groups is 1. The molecular formula is C14H23N3O2. The van der Waals surface area contributed by atoms with Gasteiger partial charge in [0.2, 0.25) is 0 Å². The monoisotopic (exact) mass is 265 g/mol. The van der Waals surface area contributed by atoms with Gasteiger partial charge in [-0.25, -0.2) is 0 Å². The molecule has 0 aliphatic rings. The van der Waals surface area contributed by atoms with Gasteiger partial charge in [0.15, 0.2) is 0 Å². The molecule has 19 heavy (non-hydrogen) atoms. The Kier molecular flexibility index (Phi) is 6.74. The lowest BCUT2D eigenvalue weighted by Crippen LogP contribution is -2.20. The van der Waals surface area contributed by atoms with Crippen molar-refractivity contribution in [1.82, 2.24) is 5.32 Å². The van der Waals surface area contributed by atoms with Crippen LogP contribution in [0.4, 0.5) is 0 Å². The van der Waals surface area contributed by atoms with Crippen molar-refractivity contribution in [2.45, 2.75) is 32.2 Å². The number of hydrogen-bond acceptors (Lipinski definition) is 4. The Morgan fingerprint density at radius 3 is 2.63 bits per heavy atom. The van der Waals surface area contributed by atoms with Crippen LogP contribution in [0.15, 0.2) is 29.4 Å². The molecule has 0 radical (unpaired) electrons. The van der Waals surface area contributed by atoms with Crippen LogP contribution in [0.25, 0.3) is 0 Å². The lowest BCUT2D eigenvalue weighted by atomic mass is 10.1. The summed E-state index contributed by atoms with van der Waals surface area (Å²) in [6.07, 6.45) is 2.55. The third-order valence-electron chi connectivity index (χ3n) is 3.05. The summed E-state index contributed by atoms with van der Waals surface area (Å²) in [4.78, 5) is 0. The number of nitrogens with zero attached hydrogens (tertiary/aromatic N) is 1. The minimum atomic E-state index is 0.295. The Hall–Kier alpha value is -1.75. The summed E-state index contributed by atoms with van der Waals surface area (Å²) in [6.45, 7) is 3.04. The van der Waals surface area contributed by atoms with Gasteiger partial charge in [0.1, 0.15) is 11.6 Å². The summed E-state index contributed by atoms with van der Waals surface area (Å²) in [5, 5.41) is 14.8. The number of methoxy groups -OCH3 is 1. The molecule has 4 N–H and O–H groups in total. The summed E-state index contributed by atoms with van der Waals surface area (Å²) >= 11 is 0. The van der Waals surface area contributed by atoms with E-state index in [1.54, 1.807) is 7.11 Å². The van der Waals surface area contributed by atoms with Crippen molar-refractivity contribution in [3.05, 3.63) is 29.8 Å². The first-order valence-electron chi connectivity index (χ1n) is 6.51. The maximum absolute atomic E-state index is 8.41. The van der Waals surface area contributed by atoms with Crippen molar-refractivity contribution in [3.8, 4) is 5.75 Å². The molecule has 1 rings (SSSR count). The lowest BCUT2D eigenvalue weighted by molar-refractivity contribution is 0.316. The van der Waals surface area contributed by atoms with Crippen molar-refractivity contribution in [1.29, 1.82) is 0 Å². The van der Waals surface area contributed by atoms with Gasteiger partial charge in [0.05, 0.1) is 7.11 Å². The van der Waals surface area contributed by atoms with Crippen LogP contribution < -0.4 is 15.8 Å². The van der Waals surface area contributed by atoms with Gasteiger partial charge in [0.25, 0.3) is 0 Å². The van der Waals surface area contributed by atoms with Crippen LogP contribution >= 0.6 is 0 Å². The summed E-state index contributed by atoms with van der Waals surface area (Å²) in [7, 11) is 1.66. The van der Waals surface area contributed by atoms with E-state index in [4.69, 9.17) is 15.7 Å². The predicted octanol–water partition coefficient (Wildman–Crippen LogP) is 2.26. The average Bonchev–Trinajstić information content (AvgIpc) is 2.46. The third kappa shape index (κ3) is 5.61. The first-order valence-corrected chi connectivity index (χ1v) is 6.51. The number of nitrogens with one attached hydrogen (secondary N) is 1. The highest BCUT2D eigenvalue weighted by molar-refractivity contribution is 5.79. The molecule has 106 valence electrons. The molecular weight excluding hydrogens is 242 g/mol. The van der Waals surface area contributed by atoms with E-state index in [1.807, 2.05) is 12.1 Å². The van der Waals surface area contributed by atoms with Crippen molar-refractivity contribution in [3.63, 3.8) is 0 Å². The molecule has 0 saturated carbocycles. The van der Waals surface area contributed by atoms with Gasteiger partial charge < -0.3 is 21.0 Å². The average molecular weight is 265 g/mol. The highest BCUT2D eigenvalue weighted by Gasteiger charge is 2.04. The SMILES string of the molecule is COc1ccc([C@H](C)NCCCC/C(N)=N/O)cc1. The van der Waals surface area contributed by atoms with E-state index in [0.717, 1.165) is 25.1 Å². The molecule has 0 heterocycles. The molecule has 0 fully saturated rings. The number of unbranched alkanes of at least 4 members (excludes halogenated alkanes) is 1. The summed E-state index contributed by atoms with van der Waals surface area (Å²) in [6, 6.07) is 8.35. The van der Waals surface area contributed by atoms with E-state index in [-0.39, 0.29) is 0 Å². The molecule has 5 heteroatoms. The van der Waals surface area contributed by atoms with Crippen LogP contribution in [0.3, 0.4) is 0 Å². The van der Waals surface area contributed by atoms with Crippen LogP contribution in [0, 0.1) is 0 Å². The van der Waals surface area contributed by atoms with Gasteiger partial charge in [-0.05, 0) is 44.0 Å². The molecule has 0 aliphatic carbocycles. The Bertz CT molecular complexity index is 390. The minimum absolute atomic E-state index is 0.295. The second-order valence-electron chi connectivity index (χ2n) is 4.50. The van der Waals surface area contributed by atoms with Crippen LogP contribution in [-0.4, -0.2) is 24.7 Å². The van der Waals surface area contributed by atoms with Crippen LogP contribution in [0.2, 0.25) is 0 Å². The molecule has 1 aromatic carbocycles. The van der Waals surface area contributed by atoms with Gasteiger partial charge in [-0.2, -0.15) is 0 Å². The molecule has 0 aliphatic heterocycles. The Morgan fingerprint density at radius 2 is 2.05 bits per heavy atom. The largest absolute Gasteiger partial charge is 0.497 e. The summed E-state index contributed by atoms with van der Waals surface area (Å²) in [5.74, 6) is 1.16. The van der Waals surface area contributed by atoms with Gasteiger partial charge in [-0.15, -0.1) is 0 Å². The van der Waals surface area contributed by atoms with Crippen LogP contribution in [-0.2, 0) is 0 Å². The van der Waals surface area contributed by atoms with Crippen molar-refractivity contribution >= 4 is 5.84 Å². The molecule has 0 saturated heterocycles. The second-order valence-corrected chi connectivity index (χ2v) is 4.50. The minimum Gasteiger partial charge on any atom is -0.497 e. The van der Waals surface area contributed by atoms with Crippen LogP contribution in [0.5, 0.6) is 5.75 Å². The van der Waals surface area contributed by atoms with E-state index >= 15 is 0 Å². The molecule has 0 bridgehead atoms. The number of benzene rings is 1. The van der Waals surface area contributed by atoms with Gasteiger partial charge >= 0.3 is 0 Å². The molecule has 0 amide bonds. The zero-order valence-electron chi connectivity index (χ0n) is 11.6. The van der Waals surface area contributed by atoms with E-state index < -0.39 is 0 Å². The standard InChI is InChI=1S/C14H23N3O2/c1-11(12-6-8-13(19-2)9-7-12)16-10-4-3-5-14(15)17-18/h6-9,11,16,18H,3-5,10H2,1-2H3,(H2,15,17)/t11-/m0/s1. The van der Waals surface area contributed by atoms with Crippen LogP contribution in [0.1, 0.15) is 37.8 Å². The molecule has 1 atom stereocenters. The van der Waals surface area contributed by atoms with E-state index in [9.17, 15) is 0 Å². The van der Waals surface area contributed by atoms with Gasteiger partial charge in [0, 0.05) is 12.5 Å². The van der Waals surface area contributed by atoms with Gasteiger partial charge in [-0.3, -0.25) is 0 Å². The van der Waals surface area contributed by atoms with Crippen molar-refractivity contribution in [2.24, 2.45) is 10.9 Å². The molecule has 0 spiro atoms. The fourth-order valence-electron chi connectivity index (χ4n) is 1.81. The Labute approximate surface area is 114 Å². The fraction of sp³-hybridized carbons (Fsp3) is 0.500. The second kappa shape index (κ2) is 8.37. The highest BCUT2D eigenvalue weighted by Crippen LogP contribution is 2.17. The Morgan fingerprint density at radius 1 is 1.37 bits per heavy atom. The van der Waals surface area contributed by atoms with E-state index in [2.05, 4.69) is 29.5 Å². The van der Waals surface area contributed by atoms with E-state index in [0.29, 0.717) is 18.3 Å². The maximum Gasteiger partial charge on any atom is 0.139 e. The lowest BCUT2D eigenvalue weighted by Gasteiger charge is -2.14. The molecule has 0 unspecified atom stereocenters. The van der Waals surface area contributed by atoms with E-state index in [1.165, 1.54) is 5.56 Å². The molecule has 1 aromatic rings.